The number of carbonyl (C=O) groups excluding carboxylic acids is 2. The number of carboxylic acid groups (broad SMARTS) is 1. The van der Waals surface area contributed by atoms with Crippen molar-refractivity contribution in [3.05, 3.63) is 75.2 Å². The van der Waals surface area contributed by atoms with Crippen LogP contribution < -0.4 is 20.2 Å². The first kappa shape index (κ1) is 28.8. The zero-order valence-electron chi connectivity index (χ0n) is 21.8. The highest BCUT2D eigenvalue weighted by Crippen LogP contribution is 2.27. The number of nitrogens with zero attached hydrogens (tertiary/aromatic N) is 3. The molecule has 3 N–H and O–H groups in total. The summed E-state index contributed by atoms with van der Waals surface area (Å²) in [5, 5.41) is 21.7. The van der Waals surface area contributed by atoms with Crippen molar-refractivity contribution in [3.63, 3.8) is 0 Å². The molecule has 0 bridgehead atoms. The largest absolute Gasteiger partial charge is 0.496 e. The molecule has 0 radical (unpaired) electrons. The average Bonchev–Trinajstić information content (AvgIpc) is 3.40. The maximum Gasteiger partial charge on any atom is 0.355 e. The molecule has 2 atom stereocenters. The monoisotopic (exact) mass is 585 g/mol. The maximum absolute atomic E-state index is 13.8. The Balaban J connectivity index is 1.60. The molecule has 13 heteroatoms. The predicted octanol–water partition coefficient (Wildman–Crippen LogP) is 4.35. The number of hydrogen-bond acceptors (Lipinski definition) is 8. The van der Waals surface area contributed by atoms with Crippen LogP contribution in [0.3, 0.4) is 0 Å². The number of carbonyl (C=O) groups is 3. The van der Waals surface area contributed by atoms with Crippen molar-refractivity contribution in [2.24, 2.45) is 11.1 Å². The number of carboxylic acids is 1. The molecule has 40 heavy (non-hydrogen) atoms. The fourth-order valence-corrected chi connectivity index (χ4v) is 5.22. The van der Waals surface area contributed by atoms with Crippen molar-refractivity contribution in [1.29, 1.82) is 0 Å². The van der Waals surface area contributed by atoms with E-state index in [0.717, 1.165) is 16.2 Å². The number of amides is 3. The van der Waals surface area contributed by atoms with Gasteiger partial charge >= 0.3 is 12.0 Å². The minimum Gasteiger partial charge on any atom is -0.496 e. The van der Waals surface area contributed by atoms with E-state index in [-0.39, 0.29) is 31.0 Å². The lowest BCUT2D eigenvalue weighted by Crippen LogP contribution is -2.48. The summed E-state index contributed by atoms with van der Waals surface area (Å²) in [4.78, 5) is 49.3. The second kappa shape index (κ2) is 13.3. The van der Waals surface area contributed by atoms with Gasteiger partial charge in [0.2, 0.25) is 5.91 Å². The van der Waals surface area contributed by atoms with Gasteiger partial charge in [0.25, 0.3) is 0 Å². The minimum absolute atomic E-state index is 0.106. The lowest BCUT2D eigenvalue weighted by Gasteiger charge is -2.25. The molecule has 0 saturated carbocycles. The number of para-hydroxylation sites is 1. The van der Waals surface area contributed by atoms with Gasteiger partial charge in [-0.2, -0.15) is 0 Å². The van der Waals surface area contributed by atoms with E-state index in [4.69, 9.17) is 21.2 Å². The molecular formula is C27H28ClN5O6S. The van der Waals surface area contributed by atoms with E-state index in [1.165, 1.54) is 12.5 Å². The molecule has 1 saturated heterocycles. The van der Waals surface area contributed by atoms with Gasteiger partial charge in [-0.1, -0.05) is 41.9 Å². The zero-order chi connectivity index (χ0) is 28.6. The van der Waals surface area contributed by atoms with Crippen LogP contribution in [-0.2, 0) is 11.2 Å². The topological polar surface area (TPSA) is 142 Å². The van der Waals surface area contributed by atoms with Crippen molar-refractivity contribution in [2.75, 3.05) is 20.2 Å². The van der Waals surface area contributed by atoms with Crippen molar-refractivity contribution >= 4 is 46.7 Å². The van der Waals surface area contributed by atoms with E-state index in [2.05, 4.69) is 20.8 Å². The van der Waals surface area contributed by atoms with Crippen LogP contribution in [0.25, 0.3) is 0 Å². The van der Waals surface area contributed by atoms with Crippen LogP contribution in [0.2, 0.25) is 5.02 Å². The van der Waals surface area contributed by atoms with Gasteiger partial charge < -0.3 is 25.3 Å². The number of imide groups is 1. The van der Waals surface area contributed by atoms with Gasteiger partial charge in [-0.25, -0.2) is 14.6 Å². The van der Waals surface area contributed by atoms with E-state index in [0.29, 0.717) is 33.5 Å². The number of rotatable bonds is 9. The van der Waals surface area contributed by atoms with Crippen molar-refractivity contribution in [1.82, 2.24) is 20.5 Å². The van der Waals surface area contributed by atoms with Crippen LogP contribution >= 0.6 is 22.9 Å². The van der Waals surface area contributed by atoms with E-state index in [1.807, 2.05) is 13.0 Å². The Morgan fingerprint density at radius 1 is 1.30 bits per heavy atom. The normalized spacial score (nSPS) is 17.1. The lowest BCUT2D eigenvalue weighted by atomic mass is 9.97. The molecule has 0 aliphatic carbocycles. The van der Waals surface area contributed by atoms with Crippen LogP contribution in [0, 0.1) is 5.92 Å². The van der Waals surface area contributed by atoms with Crippen molar-refractivity contribution < 1.29 is 29.1 Å². The standard InChI is InChI=1S/C27H28ClN5O6S/c1-3-20(24-30-21(15-40-24)26(35)36)31-27(37)33-14-23(32-39-19-7-5-4-6-8-19)29-13-17(25(33)34)11-16-12-18(28)9-10-22(16)38-2/h4-10,12,15,17,20H,3,11,13-14H2,1-2H3,(H,29,32)(H,31,37)(H,35,36)/t17-,20?/m1/s1. The summed E-state index contributed by atoms with van der Waals surface area (Å²) in [5.74, 6) is -0.909. The van der Waals surface area contributed by atoms with Crippen LogP contribution in [0.1, 0.15) is 40.4 Å². The Morgan fingerprint density at radius 3 is 2.75 bits per heavy atom. The first-order valence-corrected chi connectivity index (χ1v) is 13.7. The molecule has 1 aromatic heterocycles. The van der Waals surface area contributed by atoms with Gasteiger partial charge in [0.15, 0.2) is 17.3 Å². The van der Waals surface area contributed by atoms with E-state index < -0.39 is 29.9 Å². The highest BCUT2D eigenvalue weighted by molar-refractivity contribution is 7.09. The Labute approximate surface area is 239 Å². The first-order valence-electron chi connectivity index (χ1n) is 12.4. The van der Waals surface area contributed by atoms with Gasteiger partial charge in [-0.15, -0.1) is 11.3 Å². The van der Waals surface area contributed by atoms with Crippen molar-refractivity contribution in [3.8, 4) is 11.5 Å². The van der Waals surface area contributed by atoms with Crippen LogP contribution in [0.15, 0.2) is 59.1 Å². The van der Waals surface area contributed by atoms with Gasteiger partial charge in [0.1, 0.15) is 10.8 Å². The number of benzene rings is 2. The summed E-state index contributed by atoms with van der Waals surface area (Å²) in [7, 11) is 1.53. The summed E-state index contributed by atoms with van der Waals surface area (Å²) in [6.45, 7) is 1.84. The third kappa shape index (κ3) is 7.07. The Bertz CT molecular complexity index is 1400. The Hall–Kier alpha value is -4.16. The van der Waals surface area contributed by atoms with Crippen LogP contribution in [0.5, 0.6) is 11.5 Å². The molecule has 1 aliphatic heterocycles. The number of aromatic carboxylic acids is 1. The number of urea groups is 1. The predicted molar refractivity (Wildman–Crippen MR) is 150 cm³/mol. The minimum atomic E-state index is -1.16. The summed E-state index contributed by atoms with van der Waals surface area (Å²) in [5.41, 5.74) is 0.609. The smallest absolute Gasteiger partial charge is 0.355 e. The molecule has 11 nitrogen and oxygen atoms in total. The number of halogens is 1. The van der Waals surface area contributed by atoms with E-state index in [1.54, 1.807) is 42.5 Å². The third-order valence-electron chi connectivity index (χ3n) is 6.18. The molecule has 1 fully saturated rings. The van der Waals surface area contributed by atoms with Crippen molar-refractivity contribution in [2.45, 2.75) is 25.8 Å². The van der Waals surface area contributed by atoms with Gasteiger partial charge in [0.05, 0.1) is 25.6 Å². The molecule has 0 spiro atoms. The summed E-state index contributed by atoms with van der Waals surface area (Å²) in [6.07, 6.45) is 0.678. The van der Waals surface area contributed by atoms with Crippen LogP contribution in [-0.4, -0.2) is 58.9 Å². The number of methoxy groups -OCH3 is 1. The Kier molecular flexibility index (Phi) is 9.56. The maximum atomic E-state index is 13.8. The molecule has 3 amide bonds. The zero-order valence-corrected chi connectivity index (χ0v) is 23.4. The molecule has 3 aromatic rings. The Morgan fingerprint density at radius 2 is 2.08 bits per heavy atom. The first-order chi connectivity index (χ1) is 19.3. The molecular weight excluding hydrogens is 558 g/mol. The van der Waals surface area contributed by atoms with Gasteiger partial charge in [-0.05, 0) is 48.7 Å². The quantitative estimate of drug-likeness (QED) is 0.315. The molecule has 2 heterocycles. The molecule has 210 valence electrons. The summed E-state index contributed by atoms with van der Waals surface area (Å²) < 4.78 is 5.45. The van der Waals surface area contributed by atoms with E-state index >= 15 is 0 Å². The third-order valence-corrected chi connectivity index (χ3v) is 7.37. The molecule has 4 rings (SSSR count). The fourth-order valence-electron chi connectivity index (χ4n) is 4.10. The highest BCUT2D eigenvalue weighted by atomic mass is 35.5. The highest BCUT2D eigenvalue weighted by Gasteiger charge is 2.35. The number of hydrogen-bond donors (Lipinski definition) is 3. The number of oxime groups is 1. The average molecular weight is 586 g/mol. The second-order valence-electron chi connectivity index (χ2n) is 8.89. The van der Waals surface area contributed by atoms with Gasteiger partial charge in [0, 0.05) is 16.9 Å². The number of aromatic nitrogens is 1. The number of nitrogens with one attached hydrogen (secondary N) is 2. The second-order valence-corrected chi connectivity index (χ2v) is 10.2. The molecule has 1 aliphatic rings. The summed E-state index contributed by atoms with van der Waals surface area (Å²) >= 11 is 7.33. The van der Waals surface area contributed by atoms with Gasteiger partial charge in [-0.3, -0.25) is 9.69 Å². The summed E-state index contributed by atoms with van der Waals surface area (Å²) in [6, 6.07) is 12.8. The van der Waals surface area contributed by atoms with Crippen LogP contribution in [0.4, 0.5) is 4.79 Å². The van der Waals surface area contributed by atoms with E-state index in [9.17, 15) is 19.5 Å². The molecule has 1 unspecified atom stereocenters. The number of amidine groups is 1. The number of thiazole rings is 1. The SMILES string of the molecule is CCC(NC(=O)N1C/C(=N/Oc2ccccc2)NC[C@@H](Cc2cc(Cl)ccc2OC)C1=O)c1nc(C(=O)O)cs1. The lowest BCUT2D eigenvalue weighted by molar-refractivity contribution is -0.131. The molecule has 2 aromatic carbocycles. The number of ether oxygens (including phenoxy) is 1. The fraction of sp³-hybridized carbons (Fsp3) is 0.296.